The van der Waals surface area contributed by atoms with Gasteiger partial charge < -0.3 is 9.47 Å². The van der Waals surface area contributed by atoms with Crippen molar-refractivity contribution < 1.29 is 9.47 Å². The fourth-order valence-electron chi connectivity index (χ4n) is 2.90. The minimum Gasteiger partial charge on any atom is -0.496 e. The molecule has 0 bridgehead atoms. The van der Waals surface area contributed by atoms with Crippen molar-refractivity contribution in [3.8, 4) is 11.5 Å². The molecular formula is C17H21N3O2S. The van der Waals surface area contributed by atoms with Crippen molar-refractivity contribution >= 4 is 11.8 Å². The van der Waals surface area contributed by atoms with Crippen LogP contribution < -0.4 is 9.47 Å². The van der Waals surface area contributed by atoms with Crippen molar-refractivity contribution in [2.75, 3.05) is 27.0 Å². The number of ether oxygens (including phenoxy) is 2. The molecule has 0 saturated carbocycles. The molecule has 0 amide bonds. The van der Waals surface area contributed by atoms with Gasteiger partial charge in [-0.15, -0.1) is 0 Å². The maximum Gasteiger partial charge on any atom is 0.187 e. The average Bonchev–Trinajstić information content (AvgIpc) is 2.61. The van der Waals surface area contributed by atoms with Gasteiger partial charge in [-0.1, -0.05) is 17.8 Å². The second-order valence-electron chi connectivity index (χ2n) is 5.43. The first-order valence-corrected chi connectivity index (χ1v) is 8.78. The molecule has 0 fully saturated rings. The molecule has 0 atom stereocenters. The number of aromatic nitrogens is 2. The van der Waals surface area contributed by atoms with E-state index in [9.17, 15) is 0 Å². The van der Waals surface area contributed by atoms with Crippen LogP contribution in [0.15, 0.2) is 29.6 Å². The van der Waals surface area contributed by atoms with E-state index in [1.165, 1.54) is 11.3 Å². The Morgan fingerprint density at radius 3 is 2.61 bits per heavy atom. The van der Waals surface area contributed by atoms with E-state index < -0.39 is 0 Å². The number of benzene rings is 1. The van der Waals surface area contributed by atoms with Gasteiger partial charge in [0, 0.05) is 37.8 Å². The van der Waals surface area contributed by atoms with Crippen LogP contribution in [-0.4, -0.2) is 41.9 Å². The van der Waals surface area contributed by atoms with Crippen LogP contribution >= 0.6 is 11.8 Å². The molecule has 1 aromatic heterocycles. The van der Waals surface area contributed by atoms with Crippen LogP contribution in [0.25, 0.3) is 0 Å². The summed E-state index contributed by atoms with van der Waals surface area (Å²) in [6, 6.07) is 5.90. The van der Waals surface area contributed by atoms with E-state index >= 15 is 0 Å². The first-order valence-electron chi connectivity index (χ1n) is 7.56. The molecule has 0 spiro atoms. The number of fused-ring (bicyclic) bond motifs is 1. The standard InChI is InChI=1S/C17H21N3O2S/c1-21-15-5-4-6-16(22-2)13(15)11-20-8-7-14-12(10-20)9-18-17(19-14)23-3/h4-6,9H,7-8,10-11H2,1-3H3. The summed E-state index contributed by atoms with van der Waals surface area (Å²) in [6.07, 6.45) is 4.91. The predicted octanol–water partition coefficient (Wildman–Crippen LogP) is 2.77. The molecule has 1 aliphatic rings. The maximum absolute atomic E-state index is 5.49. The largest absolute Gasteiger partial charge is 0.496 e. The van der Waals surface area contributed by atoms with E-state index in [0.29, 0.717) is 0 Å². The third kappa shape index (κ3) is 3.43. The number of hydrogen-bond donors (Lipinski definition) is 0. The van der Waals surface area contributed by atoms with E-state index in [2.05, 4.69) is 14.9 Å². The molecule has 0 unspecified atom stereocenters. The first kappa shape index (κ1) is 16.1. The topological polar surface area (TPSA) is 47.5 Å². The minimum absolute atomic E-state index is 0.789. The Balaban J connectivity index is 1.80. The Morgan fingerprint density at radius 2 is 1.96 bits per heavy atom. The summed E-state index contributed by atoms with van der Waals surface area (Å²) in [5, 5.41) is 0.851. The van der Waals surface area contributed by atoms with Gasteiger partial charge in [0.05, 0.1) is 25.5 Å². The fourth-order valence-corrected chi connectivity index (χ4v) is 3.26. The van der Waals surface area contributed by atoms with Crippen LogP contribution in [0.1, 0.15) is 16.8 Å². The van der Waals surface area contributed by atoms with Gasteiger partial charge in [0.15, 0.2) is 5.16 Å². The molecule has 3 rings (SSSR count). The first-order chi connectivity index (χ1) is 11.2. The number of thioether (sulfide) groups is 1. The Kier molecular flexibility index (Phi) is 5.03. The zero-order chi connectivity index (χ0) is 16.2. The van der Waals surface area contributed by atoms with Gasteiger partial charge in [-0.05, 0) is 18.4 Å². The summed E-state index contributed by atoms with van der Waals surface area (Å²) in [7, 11) is 3.39. The Hall–Kier alpha value is -1.79. The van der Waals surface area contributed by atoms with Crippen molar-refractivity contribution in [1.29, 1.82) is 0 Å². The SMILES string of the molecule is COc1cccc(OC)c1CN1CCc2nc(SC)ncc2C1. The van der Waals surface area contributed by atoms with E-state index in [1.54, 1.807) is 26.0 Å². The number of nitrogens with zero attached hydrogens (tertiary/aromatic N) is 3. The summed E-state index contributed by atoms with van der Waals surface area (Å²) >= 11 is 1.59. The molecule has 0 aliphatic carbocycles. The second kappa shape index (κ2) is 7.19. The lowest BCUT2D eigenvalue weighted by Crippen LogP contribution is -2.31. The highest BCUT2D eigenvalue weighted by molar-refractivity contribution is 7.98. The lowest BCUT2D eigenvalue weighted by Gasteiger charge is -2.29. The molecule has 1 aromatic carbocycles. The molecular weight excluding hydrogens is 310 g/mol. The van der Waals surface area contributed by atoms with Gasteiger partial charge in [0.1, 0.15) is 11.5 Å². The molecule has 1 aliphatic heterocycles. The number of rotatable bonds is 5. The quantitative estimate of drug-likeness (QED) is 0.620. The molecule has 0 saturated heterocycles. The summed E-state index contributed by atoms with van der Waals surface area (Å²) in [4.78, 5) is 11.4. The maximum atomic E-state index is 5.49. The van der Waals surface area contributed by atoms with Crippen LogP contribution in [0, 0.1) is 0 Å². The number of hydrogen-bond acceptors (Lipinski definition) is 6. The highest BCUT2D eigenvalue weighted by Crippen LogP contribution is 2.31. The highest BCUT2D eigenvalue weighted by atomic mass is 32.2. The van der Waals surface area contributed by atoms with E-state index in [-0.39, 0.29) is 0 Å². The second-order valence-corrected chi connectivity index (χ2v) is 6.20. The van der Waals surface area contributed by atoms with Crippen molar-refractivity contribution in [2.45, 2.75) is 24.7 Å². The third-order valence-electron chi connectivity index (χ3n) is 4.09. The molecule has 0 N–H and O–H groups in total. The summed E-state index contributed by atoms with van der Waals surface area (Å²) < 4.78 is 11.0. The van der Waals surface area contributed by atoms with E-state index in [1.807, 2.05) is 30.7 Å². The Bertz CT molecular complexity index is 671. The van der Waals surface area contributed by atoms with Gasteiger partial charge in [0.25, 0.3) is 0 Å². The van der Waals surface area contributed by atoms with Gasteiger partial charge in [-0.3, -0.25) is 4.90 Å². The Morgan fingerprint density at radius 1 is 1.22 bits per heavy atom. The third-order valence-corrected chi connectivity index (χ3v) is 4.65. The predicted molar refractivity (Wildman–Crippen MR) is 91.2 cm³/mol. The van der Waals surface area contributed by atoms with Crippen LogP contribution in [-0.2, 0) is 19.5 Å². The lowest BCUT2D eigenvalue weighted by molar-refractivity contribution is 0.234. The molecule has 23 heavy (non-hydrogen) atoms. The Labute approximate surface area is 141 Å². The van der Waals surface area contributed by atoms with Crippen molar-refractivity contribution in [2.24, 2.45) is 0 Å². The van der Waals surface area contributed by atoms with Crippen molar-refractivity contribution in [1.82, 2.24) is 14.9 Å². The zero-order valence-corrected chi connectivity index (χ0v) is 14.5. The smallest absolute Gasteiger partial charge is 0.187 e. The fraction of sp³-hybridized carbons (Fsp3) is 0.412. The molecule has 0 radical (unpaired) electrons. The summed E-state index contributed by atoms with van der Waals surface area (Å²) in [5.74, 6) is 1.73. The highest BCUT2D eigenvalue weighted by Gasteiger charge is 2.21. The zero-order valence-electron chi connectivity index (χ0n) is 13.7. The van der Waals surface area contributed by atoms with Crippen LogP contribution in [0.4, 0.5) is 0 Å². The van der Waals surface area contributed by atoms with Crippen molar-refractivity contribution in [3.05, 3.63) is 41.2 Å². The molecule has 2 heterocycles. The van der Waals surface area contributed by atoms with Crippen LogP contribution in [0.5, 0.6) is 11.5 Å². The monoisotopic (exact) mass is 331 g/mol. The molecule has 5 nitrogen and oxygen atoms in total. The minimum atomic E-state index is 0.789. The van der Waals surface area contributed by atoms with Gasteiger partial charge >= 0.3 is 0 Å². The normalized spacial score (nSPS) is 14.4. The summed E-state index contributed by atoms with van der Waals surface area (Å²) in [6.45, 7) is 2.61. The molecule has 2 aromatic rings. The van der Waals surface area contributed by atoms with Gasteiger partial charge in [0.2, 0.25) is 0 Å². The van der Waals surface area contributed by atoms with E-state index in [4.69, 9.17) is 9.47 Å². The molecule has 6 heteroatoms. The van der Waals surface area contributed by atoms with Gasteiger partial charge in [-0.2, -0.15) is 0 Å². The average molecular weight is 331 g/mol. The van der Waals surface area contributed by atoms with Crippen molar-refractivity contribution in [3.63, 3.8) is 0 Å². The van der Waals surface area contributed by atoms with Crippen LogP contribution in [0.3, 0.4) is 0 Å². The summed E-state index contributed by atoms with van der Waals surface area (Å²) in [5.41, 5.74) is 3.47. The number of methoxy groups -OCH3 is 2. The lowest BCUT2D eigenvalue weighted by atomic mass is 10.1. The van der Waals surface area contributed by atoms with E-state index in [0.717, 1.165) is 48.3 Å². The molecule has 122 valence electrons. The van der Waals surface area contributed by atoms with Gasteiger partial charge in [-0.25, -0.2) is 9.97 Å². The van der Waals surface area contributed by atoms with Crippen LogP contribution in [0.2, 0.25) is 0 Å².